The van der Waals surface area contributed by atoms with Crippen LogP contribution in [0, 0.1) is 24.1 Å². The lowest BCUT2D eigenvalue weighted by atomic mass is 10.0. The lowest BCUT2D eigenvalue weighted by Crippen LogP contribution is -2.39. The van der Waals surface area contributed by atoms with E-state index in [0.29, 0.717) is 34.0 Å². The number of carbonyl (C=O) groups excluding carboxylic acids is 1. The van der Waals surface area contributed by atoms with Gasteiger partial charge in [-0.25, -0.2) is 12.8 Å². The smallest absolute Gasteiger partial charge is 0.279 e. The van der Waals surface area contributed by atoms with Crippen LogP contribution in [-0.4, -0.2) is 36.3 Å². The SMILES string of the molecule is C#CCn1c(=NC(=O)c2ccc(S(=O)(=O)N3CCCC(C)C3)cc2)sc2cc(F)ccc21. The Morgan fingerprint density at radius 1 is 1.28 bits per heavy atom. The van der Waals surface area contributed by atoms with Gasteiger partial charge in [0.25, 0.3) is 5.91 Å². The molecule has 3 aromatic rings. The molecule has 1 atom stereocenters. The summed E-state index contributed by atoms with van der Waals surface area (Å²) in [6.07, 6.45) is 7.31. The van der Waals surface area contributed by atoms with Crippen molar-refractivity contribution in [1.82, 2.24) is 8.87 Å². The maximum Gasteiger partial charge on any atom is 0.279 e. The molecular weight excluding hydrogens is 449 g/mol. The van der Waals surface area contributed by atoms with E-state index in [4.69, 9.17) is 6.42 Å². The number of hydrogen-bond acceptors (Lipinski definition) is 4. The molecule has 0 saturated carbocycles. The first-order chi connectivity index (χ1) is 15.3. The molecule has 1 saturated heterocycles. The monoisotopic (exact) mass is 471 g/mol. The fourth-order valence-electron chi connectivity index (χ4n) is 3.81. The molecule has 1 amide bonds. The maximum absolute atomic E-state index is 13.6. The summed E-state index contributed by atoms with van der Waals surface area (Å²) < 4.78 is 43.2. The van der Waals surface area contributed by atoms with Crippen molar-refractivity contribution in [2.75, 3.05) is 13.1 Å². The maximum atomic E-state index is 13.6. The van der Waals surface area contributed by atoms with E-state index in [9.17, 15) is 17.6 Å². The Bertz CT molecular complexity index is 1380. The average molecular weight is 472 g/mol. The molecule has 0 aliphatic carbocycles. The molecule has 9 heteroatoms. The van der Waals surface area contributed by atoms with Crippen molar-refractivity contribution >= 4 is 37.5 Å². The molecule has 166 valence electrons. The fourth-order valence-corrected chi connectivity index (χ4v) is 6.46. The molecule has 4 rings (SSSR count). The highest BCUT2D eigenvalue weighted by molar-refractivity contribution is 7.89. The van der Waals surface area contributed by atoms with E-state index < -0.39 is 15.9 Å². The van der Waals surface area contributed by atoms with Gasteiger partial charge in [0.2, 0.25) is 10.0 Å². The van der Waals surface area contributed by atoms with Crippen LogP contribution < -0.4 is 4.80 Å². The van der Waals surface area contributed by atoms with Gasteiger partial charge in [0.05, 0.1) is 21.7 Å². The van der Waals surface area contributed by atoms with E-state index in [0.717, 1.165) is 24.2 Å². The molecule has 0 radical (unpaired) electrons. The third-order valence-corrected chi connectivity index (χ3v) is 8.37. The second kappa shape index (κ2) is 8.98. The first-order valence-corrected chi connectivity index (χ1v) is 12.5. The molecular formula is C23H22FN3O3S2. The third-order valence-electron chi connectivity index (χ3n) is 5.45. The number of carbonyl (C=O) groups is 1. The fraction of sp³-hybridized carbons (Fsp3) is 0.304. The number of rotatable bonds is 4. The van der Waals surface area contributed by atoms with Gasteiger partial charge in [-0.2, -0.15) is 9.30 Å². The summed E-state index contributed by atoms with van der Waals surface area (Å²) in [4.78, 5) is 17.4. The number of thiazole rings is 1. The molecule has 2 aromatic carbocycles. The van der Waals surface area contributed by atoms with Gasteiger partial charge in [-0.05, 0) is 61.2 Å². The van der Waals surface area contributed by atoms with E-state index >= 15 is 0 Å². The Morgan fingerprint density at radius 2 is 2.03 bits per heavy atom. The van der Waals surface area contributed by atoms with Crippen LogP contribution in [0.15, 0.2) is 52.4 Å². The summed E-state index contributed by atoms with van der Waals surface area (Å²) in [5.41, 5.74) is 0.949. The normalized spacial score (nSPS) is 18.0. The van der Waals surface area contributed by atoms with Gasteiger partial charge >= 0.3 is 0 Å². The molecule has 1 aromatic heterocycles. The number of nitrogens with zero attached hydrogens (tertiary/aromatic N) is 3. The van der Waals surface area contributed by atoms with Crippen LogP contribution >= 0.6 is 11.3 Å². The van der Waals surface area contributed by atoms with Crippen LogP contribution in [0.1, 0.15) is 30.1 Å². The molecule has 0 bridgehead atoms. The zero-order valence-corrected chi connectivity index (χ0v) is 19.1. The lowest BCUT2D eigenvalue weighted by Gasteiger charge is -2.30. The van der Waals surface area contributed by atoms with E-state index in [1.165, 1.54) is 40.7 Å². The van der Waals surface area contributed by atoms with E-state index in [-0.39, 0.29) is 22.8 Å². The number of fused-ring (bicyclic) bond motifs is 1. The van der Waals surface area contributed by atoms with Gasteiger partial charge in [0.1, 0.15) is 5.82 Å². The minimum Gasteiger partial charge on any atom is -0.305 e. The molecule has 1 unspecified atom stereocenters. The highest BCUT2D eigenvalue weighted by Crippen LogP contribution is 2.24. The van der Waals surface area contributed by atoms with Crippen LogP contribution in [0.2, 0.25) is 0 Å². The predicted octanol–water partition coefficient (Wildman–Crippen LogP) is 3.64. The number of terminal acetylenes is 1. The van der Waals surface area contributed by atoms with Crippen LogP contribution in [0.4, 0.5) is 4.39 Å². The molecule has 32 heavy (non-hydrogen) atoms. The van der Waals surface area contributed by atoms with Crippen LogP contribution in [0.3, 0.4) is 0 Å². The van der Waals surface area contributed by atoms with Crippen LogP contribution in [-0.2, 0) is 16.6 Å². The average Bonchev–Trinajstić information content (AvgIpc) is 3.10. The minimum absolute atomic E-state index is 0.155. The van der Waals surface area contributed by atoms with Gasteiger partial charge in [0.15, 0.2) is 4.80 Å². The van der Waals surface area contributed by atoms with Crippen molar-refractivity contribution in [3.05, 3.63) is 58.6 Å². The third kappa shape index (κ3) is 4.39. The number of benzene rings is 2. The standard InChI is InChI=1S/C23H22FN3O3S2/c1-3-12-27-20-11-8-18(24)14-21(20)31-23(27)25-22(28)17-6-9-19(10-7-17)32(29,30)26-13-4-5-16(2)15-26/h1,6-11,14,16H,4-5,12-13,15H2,2H3. The Hall–Kier alpha value is -2.80. The molecule has 0 N–H and O–H groups in total. The molecule has 6 nitrogen and oxygen atoms in total. The molecule has 0 spiro atoms. The summed E-state index contributed by atoms with van der Waals surface area (Å²) >= 11 is 1.16. The highest BCUT2D eigenvalue weighted by Gasteiger charge is 2.28. The topological polar surface area (TPSA) is 71.7 Å². The Morgan fingerprint density at radius 3 is 2.72 bits per heavy atom. The number of hydrogen-bond donors (Lipinski definition) is 0. The number of amides is 1. The summed E-state index contributed by atoms with van der Waals surface area (Å²) in [7, 11) is -3.60. The van der Waals surface area contributed by atoms with Crippen molar-refractivity contribution < 1.29 is 17.6 Å². The van der Waals surface area contributed by atoms with Gasteiger partial charge < -0.3 is 4.57 Å². The van der Waals surface area contributed by atoms with Crippen molar-refractivity contribution in [1.29, 1.82) is 0 Å². The van der Waals surface area contributed by atoms with E-state index in [2.05, 4.69) is 10.9 Å². The molecule has 2 heterocycles. The predicted molar refractivity (Wildman–Crippen MR) is 122 cm³/mol. The number of halogens is 1. The molecule has 1 aliphatic heterocycles. The summed E-state index contributed by atoms with van der Waals surface area (Å²) in [5.74, 6) is 1.93. The zero-order valence-electron chi connectivity index (χ0n) is 17.5. The molecule has 1 fully saturated rings. The summed E-state index contributed by atoms with van der Waals surface area (Å²) in [6, 6.07) is 10.1. The first kappa shape index (κ1) is 22.4. The van der Waals surface area contributed by atoms with Gasteiger partial charge in [-0.15, -0.1) is 6.42 Å². The van der Waals surface area contributed by atoms with Crippen molar-refractivity contribution in [2.45, 2.75) is 31.2 Å². The van der Waals surface area contributed by atoms with Gasteiger partial charge in [0, 0.05) is 18.7 Å². The number of aromatic nitrogens is 1. The summed E-state index contributed by atoms with van der Waals surface area (Å²) in [5, 5.41) is 0. The number of sulfonamides is 1. The molecule has 1 aliphatic rings. The quantitative estimate of drug-likeness (QED) is 0.546. The minimum atomic E-state index is -3.60. The second-order valence-corrected chi connectivity index (χ2v) is 10.8. The summed E-state index contributed by atoms with van der Waals surface area (Å²) in [6.45, 7) is 3.23. The van der Waals surface area contributed by atoms with Crippen molar-refractivity contribution in [2.24, 2.45) is 10.9 Å². The first-order valence-electron chi connectivity index (χ1n) is 10.2. The van der Waals surface area contributed by atoms with E-state index in [1.54, 1.807) is 10.6 Å². The van der Waals surface area contributed by atoms with Crippen molar-refractivity contribution in [3.63, 3.8) is 0 Å². The zero-order chi connectivity index (χ0) is 22.9. The van der Waals surface area contributed by atoms with Crippen LogP contribution in [0.25, 0.3) is 10.2 Å². The van der Waals surface area contributed by atoms with Gasteiger partial charge in [-0.3, -0.25) is 4.79 Å². The van der Waals surface area contributed by atoms with Gasteiger partial charge in [-0.1, -0.05) is 24.2 Å². The largest absolute Gasteiger partial charge is 0.305 e. The Kier molecular flexibility index (Phi) is 6.29. The highest BCUT2D eigenvalue weighted by atomic mass is 32.2. The Balaban J connectivity index is 1.64. The van der Waals surface area contributed by atoms with Crippen molar-refractivity contribution in [3.8, 4) is 12.3 Å². The van der Waals surface area contributed by atoms with E-state index in [1.807, 2.05) is 6.92 Å². The number of piperidine rings is 1. The lowest BCUT2D eigenvalue weighted by molar-refractivity contribution is 0.0998. The Labute approximate surface area is 190 Å². The van der Waals surface area contributed by atoms with Crippen LogP contribution in [0.5, 0.6) is 0 Å². The second-order valence-electron chi connectivity index (χ2n) is 7.84.